The van der Waals surface area contributed by atoms with Crippen molar-refractivity contribution in [3.63, 3.8) is 0 Å². The van der Waals surface area contributed by atoms with Crippen LogP contribution in [0.3, 0.4) is 0 Å². The largest absolute Gasteiger partial charge is 0.432 e. The smallest absolute Gasteiger partial charge is 0.346 e. The molecule has 2 aromatic rings. The first-order valence-electron chi connectivity index (χ1n) is 7.80. The van der Waals surface area contributed by atoms with Gasteiger partial charge in [0.25, 0.3) is 5.91 Å². The van der Waals surface area contributed by atoms with Crippen LogP contribution in [0.15, 0.2) is 18.5 Å². The zero-order valence-electron chi connectivity index (χ0n) is 13.5. The lowest BCUT2D eigenvalue weighted by Crippen LogP contribution is -2.40. The molecule has 1 aliphatic heterocycles. The van der Waals surface area contributed by atoms with Crippen LogP contribution < -0.4 is 0 Å². The monoisotopic (exact) mass is 340 g/mol. The van der Waals surface area contributed by atoms with Crippen LogP contribution in [0.4, 0.5) is 13.2 Å². The third-order valence-electron chi connectivity index (χ3n) is 4.47. The van der Waals surface area contributed by atoms with Crippen molar-refractivity contribution in [3.8, 4) is 0 Å². The fourth-order valence-corrected chi connectivity index (χ4v) is 3.20. The van der Waals surface area contributed by atoms with Crippen molar-refractivity contribution in [2.45, 2.75) is 31.9 Å². The number of carbonyl (C=O) groups excluding carboxylic acids is 1. The van der Waals surface area contributed by atoms with Gasteiger partial charge >= 0.3 is 6.18 Å². The van der Waals surface area contributed by atoms with Gasteiger partial charge in [-0.25, -0.2) is 4.98 Å². The minimum atomic E-state index is -4.43. The third kappa shape index (κ3) is 3.05. The quantitative estimate of drug-likeness (QED) is 0.913. The molecule has 1 fully saturated rings. The van der Waals surface area contributed by atoms with Gasteiger partial charge in [-0.15, -0.1) is 0 Å². The van der Waals surface area contributed by atoms with E-state index in [1.165, 1.54) is 0 Å². The summed E-state index contributed by atoms with van der Waals surface area (Å²) in [6.45, 7) is 2.85. The lowest BCUT2D eigenvalue weighted by Gasteiger charge is -2.32. The fraction of sp³-hybridized carbons (Fsp3) is 0.500. The molecular formula is C16H19F3N4O. The first kappa shape index (κ1) is 16.6. The zero-order chi connectivity index (χ0) is 17.5. The second kappa shape index (κ2) is 5.99. The van der Waals surface area contributed by atoms with Crippen LogP contribution in [0.25, 0.3) is 0 Å². The van der Waals surface area contributed by atoms with E-state index in [9.17, 15) is 18.0 Å². The number of alkyl halides is 3. The lowest BCUT2D eigenvalue weighted by molar-refractivity contribution is -0.141. The number of likely N-dealkylation sites (tertiary alicyclic amines) is 1. The Balaban J connectivity index is 1.77. The molecule has 24 heavy (non-hydrogen) atoms. The Morgan fingerprint density at radius 1 is 1.42 bits per heavy atom. The summed E-state index contributed by atoms with van der Waals surface area (Å²) in [6.07, 6.45) is -0.345. The van der Waals surface area contributed by atoms with Crippen molar-refractivity contribution < 1.29 is 18.0 Å². The molecule has 0 aliphatic carbocycles. The molecule has 0 bridgehead atoms. The highest BCUT2D eigenvalue weighted by Gasteiger charge is 2.35. The Morgan fingerprint density at radius 2 is 2.17 bits per heavy atom. The Labute approximate surface area is 137 Å². The number of halogens is 3. The molecule has 130 valence electrons. The van der Waals surface area contributed by atoms with Gasteiger partial charge in [-0.1, -0.05) is 0 Å². The third-order valence-corrected chi connectivity index (χ3v) is 4.47. The van der Waals surface area contributed by atoms with E-state index in [-0.39, 0.29) is 11.8 Å². The number of carbonyl (C=O) groups is 1. The Morgan fingerprint density at radius 3 is 2.75 bits per heavy atom. The minimum absolute atomic E-state index is 0.0905. The Bertz CT molecular complexity index is 727. The number of nitrogens with zero attached hydrogens (tertiary/aromatic N) is 3. The normalized spacial score (nSPS) is 18.9. The van der Waals surface area contributed by atoms with Crippen LogP contribution in [0.5, 0.6) is 0 Å². The summed E-state index contributed by atoms with van der Waals surface area (Å²) in [5, 5.41) is 0. The standard InChI is InChI=1S/C16H19F3N4O/c1-10-5-7-22(2)13(10)15(24)23-6-3-4-11(9-23)14-20-8-12(21-14)16(17,18)19/h5,7-8,11H,3-4,6,9H2,1-2H3,(H,20,21)/t11-/m0/s1. The number of amides is 1. The molecule has 1 saturated heterocycles. The molecule has 0 aromatic carbocycles. The van der Waals surface area contributed by atoms with Gasteiger partial charge in [0.1, 0.15) is 17.2 Å². The molecule has 3 rings (SSSR count). The van der Waals surface area contributed by atoms with Crippen molar-refractivity contribution in [1.29, 1.82) is 0 Å². The van der Waals surface area contributed by atoms with Crippen LogP contribution >= 0.6 is 0 Å². The van der Waals surface area contributed by atoms with Crippen molar-refractivity contribution in [1.82, 2.24) is 19.4 Å². The van der Waals surface area contributed by atoms with Gasteiger partial charge in [-0.3, -0.25) is 4.79 Å². The Kier molecular flexibility index (Phi) is 4.15. The maximum Gasteiger partial charge on any atom is 0.432 e. The SMILES string of the molecule is Cc1ccn(C)c1C(=O)N1CCC[C@H](c2ncc(C(F)(F)F)[nH]2)C1. The number of rotatable bonds is 2. The van der Waals surface area contributed by atoms with E-state index < -0.39 is 11.9 Å². The molecule has 0 spiro atoms. The topological polar surface area (TPSA) is 53.9 Å². The molecule has 8 heteroatoms. The number of piperidine rings is 1. The summed E-state index contributed by atoms with van der Waals surface area (Å²) in [6, 6.07) is 1.87. The predicted molar refractivity (Wildman–Crippen MR) is 81.6 cm³/mol. The molecule has 0 unspecified atom stereocenters. The molecule has 1 N–H and O–H groups in total. The molecule has 2 aromatic heterocycles. The van der Waals surface area contributed by atoms with E-state index >= 15 is 0 Å². The highest BCUT2D eigenvalue weighted by atomic mass is 19.4. The maximum absolute atomic E-state index is 12.7. The average Bonchev–Trinajstić information content (AvgIpc) is 3.14. The van der Waals surface area contributed by atoms with Gasteiger partial charge in [0.2, 0.25) is 0 Å². The number of hydrogen-bond donors (Lipinski definition) is 1. The van der Waals surface area contributed by atoms with E-state index in [2.05, 4.69) is 9.97 Å². The average molecular weight is 340 g/mol. The summed E-state index contributed by atoms with van der Waals surface area (Å²) in [7, 11) is 1.81. The Hall–Kier alpha value is -2.25. The van der Waals surface area contributed by atoms with Gasteiger partial charge in [-0.2, -0.15) is 13.2 Å². The van der Waals surface area contributed by atoms with E-state index in [0.29, 0.717) is 31.0 Å². The summed E-state index contributed by atoms with van der Waals surface area (Å²) >= 11 is 0. The van der Waals surface area contributed by atoms with Gasteiger partial charge in [0.15, 0.2) is 0 Å². The molecule has 5 nitrogen and oxygen atoms in total. The molecule has 0 radical (unpaired) electrons. The first-order valence-corrected chi connectivity index (χ1v) is 7.80. The van der Waals surface area contributed by atoms with Crippen molar-refractivity contribution >= 4 is 5.91 Å². The summed E-state index contributed by atoms with van der Waals surface area (Å²) in [5.41, 5.74) is 0.660. The molecule has 1 aliphatic rings. The molecule has 1 amide bonds. The summed E-state index contributed by atoms with van der Waals surface area (Å²) in [5.74, 6) is -0.00453. The highest BCUT2D eigenvalue weighted by Crippen LogP contribution is 2.31. The summed E-state index contributed by atoms with van der Waals surface area (Å²) < 4.78 is 39.9. The van der Waals surface area contributed by atoms with Crippen LogP contribution in [0.1, 0.15) is 46.3 Å². The van der Waals surface area contributed by atoms with Crippen molar-refractivity contribution in [2.24, 2.45) is 7.05 Å². The molecule has 1 atom stereocenters. The number of aryl methyl sites for hydroxylation is 2. The second-order valence-corrected chi connectivity index (χ2v) is 6.23. The molecular weight excluding hydrogens is 321 g/mol. The molecule has 0 saturated carbocycles. The summed E-state index contributed by atoms with van der Waals surface area (Å²) in [4.78, 5) is 20.7. The van der Waals surface area contributed by atoms with E-state index in [4.69, 9.17) is 0 Å². The number of nitrogens with one attached hydrogen (secondary N) is 1. The van der Waals surface area contributed by atoms with Crippen molar-refractivity contribution in [3.05, 3.63) is 41.2 Å². The minimum Gasteiger partial charge on any atom is -0.346 e. The maximum atomic E-state index is 12.7. The van der Waals surface area contributed by atoms with Gasteiger partial charge in [-0.05, 0) is 31.4 Å². The number of aromatic amines is 1. The van der Waals surface area contributed by atoms with Crippen LogP contribution in [0.2, 0.25) is 0 Å². The zero-order valence-corrected chi connectivity index (χ0v) is 13.5. The molecule has 3 heterocycles. The number of H-pyrrole nitrogens is 1. The van der Waals surface area contributed by atoms with Crippen molar-refractivity contribution in [2.75, 3.05) is 13.1 Å². The van der Waals surface area contributed by atoms with E-state index in [1.807, 2.05) is 26.2 Å². The van der Waals surface area contributed by atoms with Gasteiger partial charge < -0.3 is 14.5 Å². The number of aromatic nitrogens is 3. The number of imidazole rings is 1. The lowest BCUT2D eigenvalue weighted by atomic mass is 9.97. The second-order valence-electron chi connectivity index (χ2n) is 6.23. The first-order chi connectivity index (χ1) is 11.3. The van der Waals surface area contributed by atoms with Crippen LogP contribution in [-0.2, 0) is 13.2 Å². The van der Waals surface area contributed by atoms with Crippen LogP contribution in [-0.4, -0.2) is 38.4 Å². The predicted octanol–water partition coefficient (Wildman–Crippen LogP) is 3.10. The van der Waals surface area contributed by atoms with Crippen LogP contribution in [0, 0.1) is 6.92 Å². The highest BCUT2D eigenvalue weighted by molar-refractivity contribution is 5.94. The van der Waals surface area contributed by atoms with Gasteiger partial charge in [0, 0.05) is 32.3 Å². The van der Waals surface area contributed by atoms with E-state index in [0.717, 1.165) is 18.2 Å². The van der Waals surface area contributed by atoms with Gasteiger partial charge in [0.05, 0.1) is 6.20 Å². The number of hydrogen-bond acceptors (Lipinski definition) is 2. The van der Waals surface area contributed by atoms with E-state index in [1.54, 1.807) is 9.47 Å². The fourth-order valence-electron chi connectivity index (χ4n) is 3.20.